The number of rotatable bonds is 5. The fourth-order valence-electron chi connectivity index (χ4n) is 4.11. The smallest absolute Gasteiger partial charge is 0.255 e. The maximum absolute atomic E-state index is 13.1. The zero-order valence-corrected chi connectivity index (χ0v) is 18.9. The normalized spacial score (nSPS) is 12.2. The van der Waals surface area contributed by atoms with Crippen molar-refractivity contribution >= 4 is 35.0 Å². The van der Waals surface area contributed by atoms with Crippen molar-refractivity contribution in [2.75, 3.05) is 5.32 Å². The van der Waals surface area contributed by atoms with E-state index < -0.39 is 5.78 Å². The Morgan fingerprint density at radius 2 is 1.33 bits per heavy atom. The highest BCUT2D eigenvalue weighted by Crippen LogP contribution is 2.30. The lowest BCUT2D eigenvalue weighted by molar-refractivity contribution is 0.0972. The fourth-order valence-corrected chi connectivity index (χ4v) is 4.11. The first-order chi connectivity index (χ1) is 17.4. The molecule has 0 bridgehead atoms. The standard InChI is InChI=1S/C30H19NO5/c32-21-15-13-20(14-16-21)31-30(36)19-11-8-18(9-12-19)10-17-26(33)24-6-3-7-25-27(24)29(35)23-5-2-1-4-22(23)28(25)34/h1-17,32H,(H,31,36)/b17-10+. The number of hydrogen-bond donors (Lipinski definition) is 2. The van der Waals surface area contributed by atoms with Crippen molar-refractivity contribution in [3.63, 3.8) is 0 Å². The van der Waals surface area contributed by atoms with Gasteiger partial charge < -0.3 is 10.4 Å². The summed E-state index contributed by atoms with van der Waals surface area (Å²) in [4.78, 5) is 51.5. The minimum atomic E-state index is -0.401. The molecule has 2 N–H and O–H groups in total. The SMILES string of the molecule is O=C(Nc1ccc(O)cc1)c1ccc(/C=C/C(=O)c2cccc3c2C(=O)c2ccccc2C3=O)cc1. The van der Waals surface area contributed by atoms with Crippen LogP contribution in [0.25, 0.3) is 6.08 Å². The molecule has 1 aliphatic carbocycles. The zero-order chi connectivity index (χ0) is 25.2. The molecule has 0 atom stereocenters. The number of nitrogens with one attached hydrogen (secondary N) is 1. The van der Waals surface area contributed by atoms with Crippen LogP contribution in [0.2, 0.25) is 0 Å². The van der Waals surface area contributed by atoms with Gasteiger partial charge in [-0.1, -0.05) is 60.7 Å². The zero-order valence-electron chi connectivity index (χ0n) is 18.9. The largest absolute Gasteiger partial charge is 0.508 e. The number of hydrogen-bond acceptors (Lipinski definition) is 5. The minimum absolute atomic E-state index is 0.107. The Morgan fingerprint density at radius 3 is 2.03 bits per heavy atom. The highest BCUT2D eigenvalue weighted by molar-refractivity contribution is 6.31. The Hall–Kier alpha value is -5.10. The molecule has 0 aliphatic heterocycles. The molecule has 0 saturated heterocycles. The van der Waals surface area contributed by atoms with Crippen LogP contribution in [0, 0.1) is 0 Å². The van der Waals surface area contributed by atoms with Gasteiger partial charge in [-0.15, -0.1) is 0 Å². The van der Waals surface area contributed by atoms with E-state index in [1.807, 2.05) is 0 Å². The number of phenolic OH excluding ortho intramolecular Hbond substituents is 1. The minimum Gasteiger partial charge on any atom is -0.508 e. The van der Waals surface area contributed by atoms with Crippen LogP contribution < -0.4 is 5.32 Å². The average Bonchev–Trinajstić information content (AvgIpc) is 2.91. The van der Waals surface area contributed by atoms with E-state index in [9.17, 15) is 24.3 Å². The first kappa shape index (κ1) is 22.7. The Balaban J connectivity index is 1.34. The highest BCUT2D eigenvalue weighted by Gasteiger charge is 2.32. The second-order valence-electron chi connectivity index (χ2n) is 8.25. The molecule has 1 amide bonds. The summed E-state index contributed by atoms with van der Waals surface area (Å²) in [6.07, 6.45) is 2.94. The van der Waals surface area contributed by atoms with E-state index in [2.05, 4.69) is 5.32 Å². The van der Waals surface area contributed by atoms with Crippen LogP contribution in [0.3, 0.4) is 0 Å². The Kier molecular flexibility index (Phi) is 5.84. The number of ketones is 3. The molecule has 0 unspecified atom stereocenters. The number of benzene rings is 4. The van der Waals surface area contributed by atoms with Crippen LogP contribution in [-0.4, -0.2) is 28.4 Å². The van der Waals surface area contributed by atoms with Crippen LogP contribution in [0.4, 0.5) is 5.69 Å². The van der Waals surface area contributed by atoms with Crippen LogP contribution in [0.5, 0.6) is 5.75 Å². The van der Waals surface area contributed by atoms with Crippen molar-refractivity contribution in [3.8, 4) is 5.75 Å². The predicted octanol–water partition coefficient (Wildman–Crippen LogP) is 5.32. The Morgan fingerprint density at radius 1 is 0.694 bits per heavy atom. The van der Waals surface area contributed by atoms with Gasteiger partial charge in [-0.2, -0.15) is 0 Å². The van der Waals surface area contributed by atoms with Crippen molar-refractivity contribution in [1.82, 2.24) is 0 Å². The molecule has 0 saturated carbocycles. The summed E-state index contributed by atoms with van der Waals surface area (Å²) in [7, 11) is 0. The third-order valence-electron chi connectivity index (χ3n) is 5.94. The van der Waals surface area contributed by atoms with Crippen molar-refractivity contribution in [3.05, 3.63) is 136 Å². The maximum atomic E-state index is 13.1. The molecule has 0 radical (unpaired) electrons. The van der Waals surface area contributed by atoms with E-state index in [0.717, 1.165) is 0 Å². The topological polar surface area (TPSA) is 101 Å². The summed E-state index contributed by atoms with van der Waals surface area (Å²) in [5.74, 6) is -1.23. The Labute approximate surface area is 206 Å². The third kappa shape index (κ3) is 4.23. The molecule has 4 aromatic rings. The quantitative estimate of drug-likeness (QED) is 0.205. The molecule has 4 aromatic carbocycles. The molecule has 6 nitrogen and oxygen atoms in total. The monoisotopic (exact) mass is 473 g/mol. The van der Waals surface area contributed by atoms with Crippen LogP contribution in [0.15, 0.2) is 97.1 Å². The molecular formula is C30H19NO5. The molecule has 1 aliphatic rings. The van der Waals surface area contributed by atoms with Gasteiger partial charge in [-0.05, 0) is 48.0 Å². The van der Waals surface area contributed by atoms with Crippen molar-refractivity contribution in [2.24, 2.45) is 0 Å². The molecule has 0 heterocycles. The maximum Gasteiger partial charge on any atom is 0.255 e. The molecule has 0 fully saturated rings. The molecule has 0 aromatic heterocycles. The first-order valence-electron chi connectivity index (χ1n) is 11.2. The number of fused-ring (bicyclic) bond motifs is 2. The summed E-state index contributed by atoms with van der Waals surface area (Å²) in [6.45, 7) is 0. The van der Waals surface area contributed by atoms with Gasteiger partial charge in [-0.3, -0.25) is 19.2 Å². The Bertz CT molecular complexity index is 1560. The lowest BCUT2D eigenvalue weighted by Gasteiger charge is -2.19. The second-order valence-corrected chi connectivity index (χ2v) is 8.25. The van der Waals surface area contributed by atoms with Crippen LogP contribution in [-0.2, 0) is 0 Å². The molecular weight excluding hydrogens is 454 g/mol. The van der Waals surface area contributed by atoms with E-state index in [1.165, 1.54) is 18.2 Å². The highest BCUT2D eigenvalue weighted by atomic mass is 16.3. The molecule has 0 spiro atoms. The van der Waals surface area contributed by atoms with E-state index in [-0.39, 0.29) is 39.9 Å². The van der Waals surface area contributed by atoms with Gasteiger partial charge in [0.05, 0.1) is 0 Å². The second kappa shape index (κ2) is 9.27. The molecule has 36 heavy (non-hydrogen) atoms. The molecule has 5 rings (SSSR count). The van der Waals surface area contributed by atoms with Gasteiger partial charge in [0.2, 0.25) is 0 Å². The number of aromatic hydroxyl groups is 1. The number of allylic oxidation sites excluding steroid dienone is 1. The van der Waals surface area contributed by atoms with Gasteiger partial charge in [0.15, 0.2) is 17.3 Å². The molecule has 6 heteroatoms. The van der Waals surface area contributed by atoms with Gasteiger partial charge >= 0.3 is 0 Å². The van der Waals surface area contributed by atoms with Crippen LogP contribution >= 0.6 is 0 Å². The summed E-state index contributed by atoms with van der Waals surface area (Å²) in [6, 6.07) is 24.1. The third-order valence-corrected chi connectivity index (χ3v) is 5.94. The lowest BCUT2D eigenvalue weighted by atomic mass is 9.81. The summed E-state index contributed by atoms with van der Waals surface area (Å²) < 4.78 is 0. The van der Waals surface area contributed by atoms with Gasteiger partial charge in [0, 0.05) is 39.1 Å². The predicted molar refractivity (Wildman–Crippen MR) is 136 cm³/mol. The van der Waals surface area contributed by atoms with Crippen molar-refractivity contribution in [1.29, 1.82) is 0 Å². The number of amides is 1. The number of anilines is 1. The number of carbonyl (C=O) groups is 4. The number of phenols is 1. The summed E-state index contributed by atoms with van der Waals surface area (Å²) >= 11 is 0. The van der Waals surface area contributed by atoms with Crippen molar-refractivity contribution in [2.45, 2.75) is 0 Å². The van der Waals surface area contributed by atoms with Gasteiger partial charge in [0.25, 0.3) is 5.91 Å². The van der Waals surface area contributed by atoms with Gasteiger partial charge in [-0.25, -0.2) is 0 Å². The van der Waals surface area contributed by atoms with E-state index in [4.69, 9.17) is 0 Å². The van der Waals surface area contributed by atoms with Crippen LogP contribution in [0.1, 0.15) is 58.1 Å². The molecule has 174 valence electrons. The van der Waals surface area contributed by atoms with Gasteiger partial charge in [0.1, 0.15) is 5.75 Å². The average molecular weight is 473 g/mol. The van der Waals surface area contributed by atoms with Crippen molar-refractivity contribution < 1.29 is 24.3 Å². The van der Waals surface area contributed by atoms with E-state index in [1.54, 1.807) is 84.9 Å². The van der Waals surface area contributed by atoms with E-state index in [0.29, 0.717) is 27.9 Å². The summed E-state index contributed by atoms with van der Waals surface area (Å²) in [5.41, 5.74) is 2.80. The van der Waals surface area contributed by atoms with E-state index >= 15 is 0 Å². The fraction of sp³-hybridized carbons (Fsp3) is 0. The summed E-state index contributed by atoms with van der Waals surface area (Å²) in [5, 5.41) is 12.1. The first-order valence-corrected chi connectivity index (χ1v) is 11.2. The lowest BCUT2D eigenvalue weighted by Crippen LogP contribution is -2.23. The number of carbonyl (C=O) groups excluding carboxylic acids is 4.